The van der Waals surface area contributed by atoms with Crippen LogP contribution in [0.5, 0.6) is 0 Å². The zero-order valence-electron chi connectivity index (χ0n) is 22.9. The van der Waals surface area contributed by atoms with Gasteiger partial charge < -0.3 is 21.1 Å². The number of aryl methyl sites for hydroxylation is 3. The minimum atomic E-state index is -1.09. The van der Waals surface area contributed by atoms with Crippen molar-refractivity contribution in [1.29, 1.82) is 0 Å². The summed E-state index contributed by atoms with van der Waals surface area (Å²) < 4.78 is 0. The van der Waals surface area contributed by atoms with Gasteiger partial charge in [-0.3, -0.25) is 0 Å². The predicted molar refractivity (Wildman–Crippen MR) is 163 cm³/mol. The van der Waals surface area contributed by atoms with Gasteiger partial charge in [-0.15, -0.1) is 10.2 Å². The van der Waals surface area contributed by atoms with Crippen molar-refractivity contribution in [3.05, 3.63) is 119 Å². The number of hydrogen-bond donors (Lipinski definition) is 4. The van der Waals surface area contributed by atoms with Gasteiger partial charge in [-0.05, 0) is 69.3 Å². The van der Waals surface area contributed by atoms with E-state index in [1.165, 1.54) is 6.07 Å². The Hall–Kier alpha value is -5.57. The van der Waals surface area contributed by atoms with Crippen LogP contribution in [0.1, 0.15) is 27.0 Å². The third kappa shape index (κ3) is 6.90. The molecule has 0 aliphatic carbocycles. The molecular formula is C32H29N7O2. The number of aromatic nitrogens is 2. The molecule has 0 unspecified atom stereocenters. The average molecular weight is 544 g/mol. The van der Waals surface area contributed by atoms with E-state index in [4.69, 9.17) is 9.97 Å². The topological polar surface area (TPSA) is 124 Å². The lowest BCUT2D eigenvalue weighted by molar-refractivity contribution is 0.0697. The third-order valence-electron chi connectivity index (χ3n) is 6.21. The number of nitrogens with one attached hydrogen (secondary N) is 3. The average Bonchev–Trinajstić information content (AvgIpc) is 2.96. The molecule has 0 aliphatic rings. The van der Waals surface area contributed by atoms with Crippen molar-refractivity contribution in [3.8, 4) is 0 Å². The molecular weight excluding hydrogens is 514 g/mol. The van der Waals surface area contributed by atoms with E-state index < -0.39 is 5.97 Å². The summed E-state index contributed by atoms with van der Waals surface area (Å²) in [5.74, 6) is 0.00156. The molecule has 4 aromatic carbocycles. The molecule has 0 aliphatic heterocycles. The third-order valence-corrected chi connectivity index (χ3v) is 6.21. The molecule has 0 radical (unpaired) electrons. The number of azo groups is 1. The van der Waals surface area contributed by atoms with Gasteiger partial charge in [0.05, 0.1) is 5.56 Å². The summed E-state index contributed by atoms with van der Waals surface area (Å²) in [7, 11) is 0. The van der Waals surface area contributed by atoms with Crippen molar-refractivity contribution in [1.82, 2.24) is 9.97 Å². The largest absolute Gasteiger partial charge is 0.478 e. The molecule has 0 amide bonds. The Morgan fingerprint density at radius 3 is 1.51 bits per heavy atom. The van der Waals surface area contributed by atoms with E-state index >= 15 is 0 Å². The van der Waals surface area contributed by atoms with Gasteiger partial charge in [0.25, 0.3) is 0 Å². The number of carboxylic acids is 1. The lowest BCUT2D eigenvalue weighted by Crippen LogP contribution is -2.05. The summed E-state index contributed by atoms with van der Waals surface area (Å²) in [4.78, 5) is 21.3. The highest BCUT2D eigenvalue weighted by atomic mass is 16.4. The Labute approximate surface area is 238 Å². The molecule has 5 rings (SSSR count). The molecule has 0 saturated carbocycles. The molecule has 0 bridgehead atoms. The number of aromatic carboxylic acids is 1. The lowest BCUT2D eigenvalue weighted by Gasteiger charge is -2.16. The van der Waals surface area contributed by atoms with Crippen molar-refractivity contribution in [2.45, 2.75) is 20.8 Å². The quantitative estimate of drug-likeness (QED) is 0.137. The van der Waals surface area contributed by atoms with Gasteiger partial charge >= 0.3 is 5.97 Å². The van der Waals surface area contributed by atoms with Crippen LogP contribution in [0.25, 0.3) is 0 Å². The number of anilines is 6. The SMILES string of the molecule is Cc1ccc(Nc2nc(Nc3ccc(C)cc3)c(N=Nc3ccccc3C(=O)O)c(Nc3ccc(C)cc3)n2)cc1. The molecule has 41 heavy (non-hydrogen) atoms. The fourth-order valence-corrected chi connectivity index (χ4v) is 3.94. The van der Waals surface area contributed by atoms with Crippen LogP contribution in [0.4, 0.5) is 46.0 Å². The second kappa shape index (κ2) is 12.1. The second-order valence-corrected chi connectivity index (χ2v) is 9.59. The fourth-order valence-electron chi connectivity index (χ4n) is 3.94. The van der Waals surface area contributed by atoms with Gasteiger partial charge in [-0.1, -0.05) is 65.2 Å². The van der Waals surface area contributed by atoms with Crippen molar-refractivity contribution < 1.29 is 9.90 Å². The number of nitrogens with zero attached hydrogens (tertiary/aromatic N) is 4. The first kappa shape index (κ1) is 27.0. The zero-order valence-corrected chi connectivity index (χ0v) is 22.9. The molecule has 9 heteroatoms. The van der Waals surface area contributed by atoms with Crippen molar-refractivity contribution >= 4 is 52.0 Å². The van der Waals surface area contributed by atoms with Gasteiger partial charge in [0.2, 0.25) is 5.95 Å². The van der Waals surface area contributed by atoms with Crippen molar-refractivity contribution in [2.24, 2.45) is 10.2 Å². The van der Waals surface area contributed by atoms with Crippen LogP contribution in [0.15, 0.2) is 107 Å². The molecule has 4 N–H and O–H groups in total. The van der Waals surface area contributed by atoms with E-state index in [1.54, 1.807) is 18.2 Å². The Morgan fingerprint density at radius 1 is 0.610 bits per heavy atom. The molecule has 204 valence electrons. The van der Waals surface area contributed by atoms with E-state index in [-0.39, 0.29) is 11.3 Å². The monoisotopic (exact) mass is 543 g/mol. The minimum absolute atomic E-state index is 0.0379. The van der Waals surface area contributed by atoms with Crippen molar-refractivity contribution in [3.63, 3.8) is 0 Å². The minimum Gasteiger partial charge on any atom is -0.478 e. The van der Waals surface area contributed by atoms with Gasteiger partial charge in [-0.2, -0.15) is 9.97 Å². The highest BCUT2D eigenvalue weighted by Crippen LogP contribution is 2.38. The van der Waals surface area contributed by atoms with Gasteiger partial charge in [-0.25, -0.2) is 4.79 Å². The molecule has 0 atom stereocenters. The van der Waals surface area contributed by atoms with E-state index in [1.807, 2.05) is 93.6 Å². The van der Waals surface area contributed by atoms with Crippen LogP contribution in [0, 0.1) is 20.8 Å². The Morgan fingerprint density at radius 2 is 1.05 bits per heavy atom. The number of benzene rings is 4. The van der Waals surface area contributed by atoms with Gasteiger partial charge in [0.15, 0.2) is 17.3 Å². The van der Waals surface area contributed by atoms with Crippen LogP contribution >= 0.6 is 0 Å². The van der Waals surface area contributed by atoms with Crippen LogP contribution in [0.3, 0.4) is 0 Å². The number of carbonyl (C=O) groups is 1. The fraction of sp³-hybridized carbons (Fsp3) is 0.0938. The van der Waals surface area contributed by atoms with Crippen LogP contribution in [0.2, 0.25) is 0 Å². The number of hydrogen-bond acceptors (Lipinski definition) is 8. The first-order valence-corrected chi connectivity index (χ1v) is 13.0. The highest BCUT2D eigenvalue weighted by Gasteiger charge is 2.17. The first-order chi connectivity index (χ1) is 19.8. The van der Waals surface area contributed by atoms with Gasteiger partial charge in [0, 0.05) is 17.1 Å². The standard InChI is InChI=1S/C32H29N7O2/c1-20-8-14-23(15-9-20)33-29-28(39-38-27-7-5-4-6-26(27)31(40)41)30(34-24-16-10-21(2)11-17-24)37-32(36-29)35-25-18-12-22(3)13-19-25/h4-19H,1-3H3,(H,40,41)(H3,33,34,35,36,37). The summed E-state index contributed by atoms with van der Waals surface area (Å²) >= 11 is 0. The highest BCUT2D eigenvalue weighted by molar-refractivity contribution is 5.93. The molecule has 1 aromatic heterocycles. The Balaban J connectivity index is 1.64. The van der Waals surface area contributed by atoms with E-state index in [9.17, 15) is 9.90 Å². The molecule has 0 saturated heterocycles. The number of carboxylic acid groups (broad SMARTS) is 1. The second-order valence-electron chi connectivity index (χ2n) is 9.59. The number of rotatable bonds is 9. The van der Waals surface area contributed by atoms with Crippen LogP contribution < -0.4 is 16.0 Å². The maximum atomic E-state index is 11.8. The Bertz CT molecular complexity index is 1630. The van der Waals surface area contributed by atoms with Gasteiger partial charge in [0.1, 0.15) is 5.69 Å². The zero-order chi connectivity index (χ0) is 28.8. The smallest absolute Gasteiger partial charge is 0.337 e. The summed E-state index contributed by atoms with van der Waals surface area (Å²) in [5, 5.41) is 28.4. The molecule has 9 nitrogen and oxygen atoms in total. The summed E-state index contributed by atoms with van der Waals surface area (Å²) in [6.07, 6.45) is 0. The van der Waals surface area contributed by atoms with Crippen LogP contribution in [-0.2, 0) is 0 Å². The predicted octanol–water partition coefficient (Wildman–Crippen LogP) is 8.75. The molecule has 0 spiro atoms. The summed E-state index contributed by atoms with van der Waals surface area (Å²) in [5.41, 5.74) is 6.33. The summed E-state index contributed by atoms with van der Waals surface area (Å²) in [6, 6.07) is 30.1. The molecule has 0 fully saturated rings. The first-order valence-electron chi connectivity index (χ1n) is 13.0. The normalized spacial score (nSPS) is 10.9. The van der Waals surface area contributed by atoms with Crippen LogP contribution in [-0.4, -0.2) is 21.0 Å². The van der Waals surface area contributed by atoms with E-state index in [2.05, 4.69) is 26.2 Å². The van der Waals surface area contributed by atoms with Crippen molar-refractivity contribution in [2.75, 3.05) is 16.0 Å². The lowest BCUT2D eigenvalue weighted by atomic mass is 10.2. The van der Waals surface area contributed by atoms with E-state index in [0.717, 1.165) is 33.8 Å². The molecule has 5 aromatic rings. The molecule has 1 heterocycles. The maximum Gasteiger partial charge on any atom is 0.337 e. The summed E-state index contributed by atoms with van der Waals surface area (Å²) in [6.45, 7) is 6.05. The maximum absolute atomic E-state index is 11.8. The van der Waals surface area contributed by atoms with E-state index in [0.29, 0.717) is 23.3 Å². The Kier molecular flexibility index (Phi) is 7.96.